The number of carbonyl (C=O) groups is 1. The first-order valence-electron chi connectivity index (χ1n) is 8.46. The molecule has 1 aliphatic rings. The molecular formula is C20H20N2O2. The number of hydrogen-bond donors (Lipinski definition) is 0. The zero-order valence-electron chi connectivity index (χ0n) is 13.7. The highest BCUT2D eigenvalue weighted by Crippen LogP contribution is 2.25. The summed E-state index contributed by atoms with van der Waals surface area (Å²) in [7, 11) is 0. The Labute approximate surface area is 141 Å². The summed E-state index contributed by atoms with van der Waals surface area (Å²) in [6.07, 6.45) is 2.16. The van der Waals surface area contributed by atoms with Crippen molar-refractivity contribution in [3.63, 3.8) is 0 Å². The summed E-state index contributed by atoms with van der Waals surface area (Å²) in [4.78, 5) is 19.2. The van der Waals surface area contributed by atoms with E-state index < -0.39 is 0 Å². The fourth-order valence-electron chi connectivity index (χ4n) is 3.18. The van der Waals surface area contributed by atoms with Crippen LogP contribution in [0.3, 0.4) is 0 Å². The minimum atomic E-state index is 0.0971. The van der Waals surface area contributed by atoms with Crippen LogP contribution >= 0.6 is 0 Å². The number of piperidine rings is 1. The molecule has 122 valence electrons. The fourth-order valence-corrected chi connectivity index (χ4v) is 3.18. The fraction of sp³-hybridized carbons (Fsp3) is 0.300. The van der Waals surface area contributed by atoms with Crippen LogP contribution < -0.4 is 0 Å². The maximum Gasteiger partial charge on any atom is 0.253 e. The van der Waals surface area contributed by atoms with E-state index in [0.29, 0.717) is 17.4 Å². The Morgan fingerprint density at radius 2 is 1.92 bits per heavy atom. The third-order valence-electron chi connectivity index (χ3n) is 4.72. The molecule has 1 fully saturated rings. The van der Waals surface area contributed by atoms with E-state index in [1.54, 1.807) is 0 Å². The van der Waals surface area contributed by atoms with Crippen LogP contribution in [-0.2, 0) is 0 Å². The number of nitrogens with zero attached hydrogens (tertiary/aromatic N) is 2. The molecule has 0 saturated carbocycles. The first kappa shape index (κ1) is 14.9. The van der Waals surface area contributed by atoms with Crippen molar-refractivity contribution in [2.75, 3.05) is 13.1 Å². The van der Waals surface area contributed by atoms with Crippen molar-refractivity contribution < 1.29 is 9.21 Å². The summed E-state index contributed by atoms with van der Waals surface area (Å²) in [6.45, 7) is 3.93. The van der Waals surface area contributed by atoms with Gasteiger partial charge in [0.15, 0.2) is 5.58 Å². The van der Waals surface area contributed by atoms with Gasteiger partial charge in [-0.25, -0.2) is 4.98 Å². The van der Waals surface area contributed by atoms with Crippen molar-refractivity contribution in [3.05, 3.63) is 54.1 Å². The van der Waals surface area contributed by atoms with E-state index in [1.165, 1.54) is 0 Å². The summed E-state index contributed by atoms with van der Waals surface area (Å²) in [5.74, 6) is 1.36. The molecule has 24 heavy (non-hydrogen) atoms. The van der Waals surface area contributed by atoms with Gasteiger partial charge in [0.25, 0.3) is 5.91 Å². The number of oxazole rings is 1. The van der Waals surface area contributed by atoms with Gasteiger partial charge in [-0.15, -0.1) is 0 Å². The molecule has 0 atom stereocenters. The van der Waals surface area contributed by atoms with E-state index in [-0.39, 0.29) is 5.91 Å². The van der Waals surface area contributed by atoms with Gasteiger partial charge in [-0.05, 0) is 49.1 Å². The molecule has 4 heteroatoms. The van der Waals surface area contributed by atoms with Gasteiger partial charge >= 0.3 is 0 Å². The monoisotopic (exact) mass is 320 g/mol. The number of likely N-dealkylation sites (tertiary alicyclic amines) is 1. The van der Waals surface area contributed by atoms with Crippen molar-refractivity contribution in [1.29, 1.82) is 0 Å². The molecule has 2 heterocycles. The Bertz CT molecular complexity index is 843. The number of benzene rings is 2. The van der Waals surface area contributed by atoms with Gasteiger partial charge in [0, 0.05) is 24.2 Å². The Morgan fingerprint density at radius 1 is 1.12 bits per heavy atom. The normalized spacial score (nSPS) is 15.8. The molecule has 1 amide bonds. The maximum atomic E-state index is 12.7. The second-order valence-corrected chi connectivity index (χ2v) is 6.54. The lowest BCUT2D eigenvalue weighted by Crippen LogP contribution is -2.37. The molecule has 4 rings (SSSR count). The summed E-state index contributed by atoms with van der Waals surface area (Å²) < 4.78 is 5.81. The Hall–Kier alpha value is -2.62. The van der Waals surface area contributed by atoms with Gasteiger partial charge in [0.2, 0.25) is 5.89 Å². The molecule has 1 aromatic heterocycles. The predicted molar refractivity (Wildman–Crippen MR) is 93.7 cm³/mol. The van der Waals surface area contributed by atoms with Gasteiger partial charge in [0.05, 0.1) is 0 Å². The van der Waals surface area contributed by atoms with Crippen LogP contribution in [0.15, 0.2) is 52.9 Å². The van der Waals surface area contributed by atoms with Crippen LogP contribution in [0.4, 0.5) is 0 Å². The summed E-state index contributed by atoms with van der Waals surface area (Å²) >= 11 is 0. The molecule has 0 spiro atoms. The Morgan fingerprint density at radius 3 is 2.71 bits per heavy atom. The number of amides is 1. The average Bonchev–Trinajstić information content (AvgIpc) is 3.06. The second-order valence-electron chi connectivity index (χ2n) is 6.54. The van der Waals surface area contributed by atoms with E-state index in [2.05, 4.69) is 11.9 Å². The highest BCUT2D eigenvalue weighted by atomic mass is 16.3. The van der Waals surface area contributed by atoms with Crippen LogP contribution in [0.1, 0.15) is 30.1 Å². The Kier molecular flexibility index (Phi) is 3.81. The highest BCUT2D eigenvalue weighted by Gasteiger charge is 2.22. The molecule has 0 radical (unpaired) electrons. The third kappa shape index (κ3) is 2.80. The van der Waals surface area contributed by atoms with Gasteiger partial charge in [-0.1, -0.05) is 25.1 Å². The molecule has 3 aromatic rings. The molecule has 2 aromatic carbocycles. The molecule has 0 unspecified atom stereocenters. The van der Waals surface area contributed by atoms with Crippen molar-refractivity contribution in [2.24, 2.45) is 5.92 Å². The average molecular weight is 320 g/mol. The number of hydrogen-bond acceptors (Lipinski definition) is 3. The van der Waals surface area contributed by atoms with Crippen molar-refractivity contribution in [3.8, 4) is 11.5 Å². The highest BCUT2D eigenvalue weighted by molar-refractivity contribution is 5.95. The van der Waals surface area contributed by atoms with Crippen LogP contribution in [0.5, 0.6) is 0 Å². The zero-order valence-corrected chi connectivity index (χ0v) is 13.7. The molecule has 1 aliphatic heterocycles. The summed E-state index contributed by atoms with van der Waals surface area (Å²) in [6, 6.07) is 15.3. The molecule has 0 N–H and O–H groups in total. The smallest absolute Gasteiger partial charge is 0.253 e. The molecule has 0 bridgehead atoms. The summed E-state index contributed by atoms with van der Waals surface area (Å²) in [5, 5.41) is 0. The van der Waals surface area contributed by atoms with Gasteiger partial charge in [-0.3, -0.25) is 4.79 Å². The van der Waals surface area contributed by atoms with E-state index >= 15 is 0 Å². The van der Waals surface area contributed by atoms with E-state index in [0.717, 1.165) is 42.6 Å². The van der Waals surface area contributed by atoms with Gasteiger partial charge in [-0.2, -0.15) is 0 Å². The van der Waals surface area contributed by atoms with Crippen molar-refractivity contribution in [2.45, 2.75) is 19.8 Å². The molecule has 0 aliphatic carbocycles. The SMILES string of the molecule is CC1CCN(C(=O)c2cccc(-c3nc4ccccc4o3)c2)CC1. The lowest BCUT2D eigenvalue weighted by atomic mass is 9.98. The number of para-hydroxylation sites is 2. The van der Waals surface area contributed by atoms with Crippen LogP contribution in [0.2, 0.25) is 0 Å². The lowest BCUT2D eigenvalue weighted by Gasteiger charge is -2.30. The van der Waals surface area contributed by atoms with Crippen LogP contribution in [-0.4, -0.2) is 28.9 Å². The lowest BCUT2D eigenvalue weighted by molar-refractivity contribution is 0.0697. The third-order valence-corrected chi connectivity index (χ3v) is 4.72. The van der Waals surface area contributed by atoms with Gasteiger partial charge < -0.3 is 9.32 Å². The van der Waals surface area contributed by atoms with Crippen LogP contribution in [0, 0.1) is 5.92 Å². The topological polar surface area (TPSA) is 46.3 Å². The minimum absolute atomic E-state index is 0.0971. The van der Waals surface area contributed by atoms with Crippen LogP contribution in [0.25, 0.3) is 22.6 Å². The van der Waals surface area contributed by atoms with E-state index in [9.17, 15) is 4.79 Å². The molecular weight excluding hydrogens is 300 g/mol. The predicted octanol–water partition coefficient (Wildman–Crippen LogP) is 4.37. The maximum absolute atomic E-state index is 12.7. The van der Waals surface area contributed by atoms with Crippen molar-refractivity contribution >= 4 is 17.0 Å². The standard InChI is InChI=1S/C20H20N2O2/c1-14-9-11-22(12-10-14)20(23)16-6-4-5-15(13-16)19-21-17-7-2-3-8-18(17)24-19/h2-8,13-14H,9-12H2,1H3. The quantitative estimate of drug-likeness (QED) is 0.704. The number of fused-ring (bicyclic) bond motifs is 1. The van der Waals surface area contributed by atoms with Crippen molar-refractivity contribution in [1.82, 2.24) is 9.88 Å². The number of carbonyl (C=O) groups excluding carboxylic acids is 1. The summed E-state index contributed by atoms with van der Waals surface area (Å²) in [5.41, 5.74) is 3.12. The van der Waals surface area contributed by atoms with Gasteiger partial charge in [0.1, 0.15) is 5.52 Å². The first-order valence-corrected chi connectivity index (χ1v) is 8.46. The van der Waals surface area contributed by atoms with E-state index in [4.69, 9.17) is 4.42 Å². The molecule has 1 saturated heterocycles. The number of aromatic nitrogens is 1. The number of rotatable bonds is 2. The first-order chi connectivity index (χ1) is 11.7. The largest absolute Gasteiger partial charge is 0.436 e. The molecule has 4 nitrogen and oxygen atoms in total. The van der Waals surface area contributed by atoms with E-state index in [1.807, 2.05) is 53.4 Å². The second kappa shape index (κ2) is 6.11. The minimum Gasteiger partial charge on any atom is -0.436 e. The Balaban J connectivity index is 1.62. The zero-order chi connectivity index (χ0) is 16.5.